The van der Waals surface area contributed by atoms with E-state index in [4.69, 9.17) is 0 Å². The molecule has 212 valence electrons. The molecule has 0 rings (SSSR count). The molecule has 35 heavy (non-hydrogen) atoms. The highest BCUT2D eigenvalue weighted by Crippen LogP contribution is 2.23. The average molecular weight is 518 g/mol. The van der Waals surface area contributed by atoms with Crippen molar-refractivity contribution < 1.29 is 26.8 Å². The fraction of sp³-hybridized carbons (Fsp3) is 0.968. The molecule has 0 aromatic rings. The molecule has 0 fully saturated rings. The van der Waals surface area contributed by atoms with Crippen LogP contribution in [-0.4, -0.2) is 48.7 Å². The van der Waals surface area contributed by atoms with Gasteiger partial charge in [0, 0.05) is 6.42 Å². The van der Waals surface area contributed by atoms with Gasteiger partial charge in [0.1, 0.15) is 6.54 Å². The third kappa shape index (κ3) is 24.0. The number of hydrogen-bond donors (Lipinski definition) is 1. The molecule has 0 aliphatic rings. The maximum absolute atomic E-state index is 13.0. The van der Waals surface area contributed by atoms with Crippen molar-refractivity contribution in [3.63, 3.8) is 0 Å². The number of quaternary nitrogens is 1. The predicted molar refractivity (Wildman–Crippen MR) is 150 cm³/mol. The first-order valence-corrected chi connectivity index (χ1v) is 15.3. The van der Waals surface area contributed by atoms with Crippen molar-refractivity contribution in [2.24, 2.45) is 0 Å². The van der Waals surface area contributed by atoms with Crippen LogP contribution in [0.4, 0.5) is 0 Å². The van der Waals surface area contributed by atoms with E-state index in [1.165, 1.54) is 109 Å². The van der Waals surface area contributed by atoms with Gasteiger partial charge >= 0.3 is 0 Å². The molecule has 0 aliphatic carbocycles. The van der Waals surface area contributed by atoms with E-state index < -0.39 is 5.60 Å². The number of hydrogen-bond acceptors (Lipinski definition) is 2. The molecule has 0 aliphatic heterocycles. The Morgan fingerprint density at radius 1 is 0.571 bits per heavy atom. The first-order chi connectivity index (χ1) is 16.2. The average Bonchev–Trinajstić information content (AvgIpc) is 2.77. The zero-order chi connectivity index (χ0) is 25.5. The maximum atomic E-state index is 13.0. The van der Waals surface area contributed by atoms with E-state index in [0.717, 1.165) is 25.7 Å². The second-order valence-corrected chi connectivity index (χ2v) is 12.1. The Kier molecular flexibility index (Phi) is 25.6. The van der Waals surface area contributed by atoms with Gasteiger partial charge in [0.2, 0.25) is 0 Å². The summed E-state index contributed by atoms with van der Waals surface area (Å²) in [6, 6.07) is 0. The lowest BCUT2D eigenvalue weighted by atomic mass is 9.87. The minimum atomic E-state index is -1.14. The van der Waals surface area contributed by atoms with Crippen molar-refractivity contribution in [3.8, 4) is 0 Å². The summed E-state index contributed by atoms with van der Waals surface area (Å²) in [5.74, 6) is 0.0894. The molecular formula is C31H64ClNO2. The van der Waals surface area contributed by atoms with Gasteiger partial charge in [0.05, 0.1) is 21.1 Å². The lowest BCUT2D eigenvalue weighted by Crippen LogP contribution is -3.00. The van der Waals surface area contributed by atoms with Crippen LogP contribution in [0.15, 0.2) is 0 Å². The molecule has 1 atom stereocenters. The van der Waals surface area contributed by atoms with Crippen molar-refractivity contribution in [2.75, 3.05) is 27.7 Å². The molecule has 0 heterocycles. The maximum Gasteiger partial charge on any atom is 0.171 e. The number of nitrogens with zero attached hydrogens (tertiary/aromatic N) is 1. The number of ketones is 1. The molecule has 1 N–H and O–H groups in total. The number of carbonyl (C=O) groups is 1. The van der Waals surface area contributed by atoms with Gasteiger partial charge in [0.25, 0.3) is 0 Å². The Hall–Kier alpha value is -0.120. The van der Waals surface area contributed by atoms with Crippen LogP contribution in [0.2, 0.25) is 0 Å². The van der Waals surface area contributed by atoms with Crippen LogP contribution in [0.3, 0.4) is 0 Å². The van der Waals surface area contributed by atoms with Gasteiger partial charge in [-0.15, -0.1) is 0 Å². The molecule has 4 heteroatoms. The lowest BCUT2D eigenvalue weighted by molar-refractivity contribution is -0.875. The summed E-state index contributed by atoms with van der Waals surface area (Å²) in [5.41, 5.74) is -1.14. The monoisotopic (exact) mass is 517 g/mol. The fourth-order valence-electron chi connectivity index (χ4n) is 5.18. The minimum absolute atomic E-state index is 0. The Balaban J connectivity index is 0. The highest BCUT2D eigenvalue weighted by atomic mass is 35.5. The molecule has 0 bridgehead atoms. The van der Waals surface area contributed by atoms with Crippen molar-refractivity contribution >= 4 is 5.78 Å². The number of rotatable bonds is 26. The number of Topliss-reactive ketones (excluding diaryl/α,β-unsaturated/α-hetero) is 1. The summed E-state index contributed by atoms with van der Waals surface area (Å²) >= 11 is 0. The van der Waals surface area contributed by atoms with Gasteiger partial charge in [-0.25, -0.2) is 0 Å². The van der Waals surface area contributed by atoms with E-state index >= 15 is 0 Å². The standard InChI is InChI=1S/C31H64NO2.ClH/c1-6-8-10-12-14-16-17-18-20-22-24-26-28-31(34,29-32(3,4)5)30(33)27-25-23-21-19-15-13-11-9-7-2;/h34H,6-29H2,1-5H3;1H/q+1;/p-1. The highest BCUT2D eigenvalue weighted by molar-refractivity contribution is 5.87. The number of halogens is 1. The molecule has 0 radical (unpaired) electrons. The molecule has 0 aromatic carbocycles. The fourth-order valence-corrected chi connectivity index (χ4v) is 5.18. The first-order valence-electron chi connectivity index (χ1n) is 15.3. The summed E-state index contributed by atoms with van der Waals surface area (Å²) in [7, 11) is 6.25. The third-order valence-corrected chi connectivity index (χ3v) is 7.21. The van der Waals surface area contributed by atoms with Crippen molar-refractivity contribution in [3.05, 3.63) is 0 Å². The van der Waals surface area contributed by atoms with Crippen molar-refractivity contribution in [1.29, 1.82) is 0 Å². The van der Waals surface area contributed by atoms with Crippen LogP contribution >= 0.6 is 0 Å². The number of carbonyl (C=O) groups excluding carboxylic acids is 1. The van der Waals surface area contributed by atoms with Crippen LogP contribution in [0.25, 0.3) is 0 Å². The van der Waals surface area contributed by atoms with Crippen LogP contribution in [-0.2, 0) is 4.79 Å². The van der Waals surface area contributed by atoms with Gasteiger partial charge < -0.3 is 22.0 Å². The molecule has 1 unspecified atom stereocenters. The molecule has 0 saturated heterocycles. The molecule has 0 saturated carbocycles. The quantitative estimate of drug-likeness (QED) is 0.113. The Bertz CT molecular complexity index is 463. The van der Waals surface area contributed by atoms with Gasteiger partial charge in [-0.05, 0) is 19.3 Å². The van der Waals surface area contributed by atoms with Crippen LogP contribution < -0.4 is 12.4 Å². The summed E-state index contributed by atoms with van der Waals surface area (Å²) in [6.07, 6.45) is 28.2. The van der Waals surface area contributed by atoms with Gasteiger partial charge in [-0.3, -0.25) is 4.79 Å². The predicted octanol–water partition coefficient (Wildman–Crippen LogP) is 6.01. The zero-order valence-corrected chi connectivity index (χ0v) is 25.4. The Morgan fingerprint density at radius 2 is 0.886 bits per heavy atom. The van der Waals surface area contributed by atoms with E-state index in [1.807, 2.05) is 0 Å². The SMILES string of the molecule is CCCCCCCCCCCCCCC(O)(C[N+](C)(C)C)C(=O)CCCCCCCCCCC.[Cl-]. The van der Waals surface area contributed by atoms with Gasteiger partial charge in [0.15, 0.2) is 11.4 Å². The van der Waals surface area contributed by atoms with Crippen LogP contribution in [0.5, 0.6) is 0 Å². The normalized spacial score (nSPS) is 13.4. The molecular weight excluding hydrogens is 454 g/mol. The van der Waals surface area contributed by atoms with E-state index in [-0.39, 0.29) is 18.2 Å². The van der Waals surface area contributed by atoms with Crippen LogP contribution in [0.1, 0.15) is 162 Å². The second kappa shape index (κ2) is 24.2. The lowest BCUT2D eigenvalue weighted by Gasteiger charge is -2.34. The van der Waals surface area contributed by atoms with Gasteiger partial charge in [-0.1, -0.05) is 136 Å². The summed E-state index contributed by atoms with van der Waals surface area (Å²) in [5, 5.41) is 11.3. The van der Waals surface area contributed by atoms with E-state index in [0.29, 0.717) is 23.9 Å². The van der Waals surface area contributed by atoms with Crippen molar-refractivity contribution in [2.45, 2.75) is 167 Å². The zero-order valence-electron chi connectivity index (χ0n) is 24.7. The topological polar surface area (TPSA) is 37.3 Å². The Labute approximate surface area is 227 Å². The smallest absolute Gasteiger partial charge is 0.171 e. The van der Waals surface area contributed by atoms with Crippen LogP contribution in [0, 0.1) is 0 Å². The van der Waals surface area contributed by atoms with Crippen molar-refractivity contribution in [1.82, 2.24) is 0 Å². The molecule has 0 amide bonds. The summed E-state index contributed by atoms with van der Waals surface area (Å²) < 4.78 is 0.637. The number of likely N-dealkylation sites (N-methyl/N-ethyl adjacent to an activating group) is 1. The highest BCUT2D eigenvalue weighted by Gasteiger charge is 2.39. The van der Waals surface area contributed by atoms with E-state index in [2.05, 4.69) is 35.0 Å². The molecule has 3 nitrogen and oxygen atoms in total. The van der Waals surface area contributed by atoms with E-state index in [9.17, 15) is 9.90 Å². The Morgan fingerprint density at radius 3 is 1.23 bits per heavy atom. The van der Waals surface area contributed by atoms with E-state index in [1.54, 1.807) is 0 Å². The molecule has 0 aromatic heterocycles. The summed E-state index contributed by atoms with van der Waals surface area (Å²) in [6.45, 7) is 5.06. The summed E-state index contributed by atoms with van der Waals surface area (Å²) in [4.78, 5) is 13.0. The number of aliphatic hydroxyl groups is 1. The minimum Gasteiger partial charge on any atom is -1.00 e. The third-order valence-electron chi connectivity index (χ3n) is 7.21. The van der Waals surface area contributed by atoms with Gasteiger partial charge in [-0.2, -0.15) is 0 Å². The second-order valence-electron chi connectivity index (χ2n) is 12.1. The number of unbranched alkanes of at least 4 members (excludes halogenated alkanes) is 19. The largest absolute Gasteiger partial charge is 1.00 e. The first kappa shape index (κ1) is 37.0. The molecule has 0 spiro atoms.